The van der Waals surface area contributed by atoms with Gasteiger partial charge in [0.15, 0.2) is 5.17 Å². The predicted octanol–water partition coefficient (Wildman–Crippen LogP) is 6.14. The van der Waals surface area contributed by atoms with Gasteiger partial charge >= 0.3 is 24.6 Å². The van der Waals surface area contributed by atoms with Crippen molar-refractivity contribution in [1.82, 2.24) is 10.6 Å². The minimum absolute atomic E-state index is 0.300. The zero-order valence-electron chi connectivity index (χ0n) is 14.9. The van der Waals surface area contributed by atoms with Crippen molar-refractivity contribution in [2.75, 3.05) is 0 Å². The maximum atomic E-state index is 13.7. The number of imide groups is 1. The molecule has 2 rings (SSSR count). The molecule has 0 radical (unpaired) electrons. The molecule has 1 aliphatic heterocycles. The van der Waals surface area contributed by atoms with Gasteiger partial charge in [0.05, 0.1) is 20.5 Å². The first-order valence-corrected chi connectivity index (χ1v) is 9.35. The Morgan fingerprint density at radius 3 is 1.85 bits per heavy atom. The van der Waals surface area contributed by atoms with Gasteiger partial charge < -0.3 is 0 Å². The largest absolute Gasteiger partial charge is 0.443 e. The van der Waals surface area contributed by atoms with Gasteiger partial charge in [0.2, 0.25) is 5.83 Å². The molecular weight excluding hydrogens is 547 g/mol. The summed E-state index contributed by atoms with van der Waals surface area (Å²) in [5.74, 6) is -5.09. The van der Waals surface area contributed by atoms with E-state index in [0.29, 0.717) is 0 Å². The topological polar surface area (TPSA) is 70.6 Å². The van der Waals surface area contributed by atoms with Gasteiger partial charge in [-0.1, -0.05) is 41.0 Å². The summed E-state index contributed by atoms with van der Waals surface area (Å²) in [5.41, 5.74) is -6.18. The Bertz CT molecular complexity index is 1020. The van der Waals surface area contributed by atoms with E-state index in [-0.39, 0.29) is 10.0 Å². The molecule has 1 aliphatic rings. The average Bonchev–Trinajstić information content (AvgIpc) is 3.00. The number of hydrogen-bond acceptors (Lipinski definition) is 4. The van der Waals surface area contributed by atoms with E-state index >= 15 is 0 Å². The number of thioether (sulfide) groups is 1. The Morgan fingerprint density at radius 2 is 1.42 bits per heavy atom. The normalized spacial score (nSPS) is 18.0. The molecule has 1 heterocycles. The van der Waals surface area contributed by atoms with Crippen LogP contribution >= 0.6 is 35.0 Å². The fraction of sp³-hybridized carbons (Fsp3) is 0.267. The van der Waals surface area contributed by atoms with Gasteiger partial charge in [0.1, 0.15) is 0 Å². The number of rotatable bonds is 1. The smallest absolute Gasteiger partial charge is 0.286 e. The highest BCUT2D eigenvalue weighted by Crippen LogP contribution is 2.59. The van der Waals surface area contributed by atoms with E-state index in [1.807, 2.05) is 0 Å². The Kier molecular flexibility index (Phi) is 7.27. The Labute approximate surface area is 190 Å². The van der Waals surface area contributed by atoms with Gasteiger partial charge in [0, 0.05) is 0 Å². The monoisotopic (exact) mass is 551 g/mol. The van der Waals surface area contributed by atoms with Gasteiger partial charge in [-0.3, -0.25) is 15.4 Å². The number of nitrogens with one attached hydrogen (secondary N) is 2. The summed E-state index contributed by atoms with van der Waals surface area (Å²) in [6.45, 7) is 0. The molecule has 182 valence electrons. The molecule has 2 N–H and O–H groups in total. The van der Waals surface area contributed by atoms with Crippen LogP contribution in [0, 0.1) is 0 Å². The number of benzene rings is 1. The zero-order valence-corrected chi connectivity index (χ0v) is 17.3. The Morgan fingerprint density at radius 1 is 0.939 bits per heavy atom. The standard InChI is InChI=1S/C15H5Cl2F10N3O2S/c16-4-2-1-3-5(17)6(4)9(31)28-10(32)29-11-30-12(14(22,23)24,15(25,26)27)8(33-11)7(18)13(19,20)21/h1-3H,(H2,28,29,30,31,32)/b8-7+. The number of alkyl halides is 9. The number of aliphatic imine (C=N–C) groups is 1. The first kappa shape index (κ1) is 27.0. The SMILES string of the molecule is O=C(NC(=O)c1c(Cl)cccc1Cl)NC1=NC(C(F)(F)F)(C(F)(F)F)/C(=C(\F)C(F)(F)F)S1. The van der Waals surface area contributed by atoms with Crippen LogP contribution < -0.4 is 10.6 Å². The highest BCUT2D eigenvalue weighted by molar-refractivity contribution is 8.17. The molecule has 0 aromatic heterocycles. The molecule has 1 aromatic rings. The fourth-order valence-corrected chi connectivity index (χ4v) is 4.05. The van der Waals surface area contributed by atoms with Crippen LogP contribution in [0.4, 0.5) is 48.7 Å². The van der Waals surface area contributed by atoms with Gasteiger partial charge in [0.25, 0.3) is 11.4 Å². The number of amidine groups is 1. The van der Waals surface area contributed by atoms with Gasteiger partial charge in [-0.05, 0) is 12.1 Å². The number of hydrogen-bond donors (Lipinski definition) is 2. The number of allylic oxidation sites excluding steroid dienone is 1. The van der Waals surface area contributed by atoms with E-state index in [9.17, 15) is 53.5 Å². The van der Waals surface area contributed by atoms with Crippen LogP contribution in [0.2, 0.25) is 10.0 Å². The number of carbonyl (C=O) groups is 2. The van der Waals surface area contributed by atoms with Gasteiger partial charge in [-0.15, -0.1) is 0 Å². The summed E-state index contributed by atoms with van der Waals surface area (Å²) in [4.78, 5) is 23.1. The predicted molar refractivity (Wildman–Crippen MR) is 96.5 cm³/mol. The van der Waals surface area contributed by atoms with Crippen molar-refractivity contribution in [2.45, 2.75) is 24.1 Å². The van der Waals surface area contributed by atoms with Crippen LogP contribution in [-0.2, 0) is 0 Å². The lowest BCUT2D eigenvalue weighted by atomic mass is 9.97. The summed E-state index contributed by atoms with van der Waals surface area (Å²) in [5, 5.41) is 0.352. The molecule has 0 bridgehead atoms. The zero-order chi connectivity index (χ0) is 25.6. The van der Waals surface area contributed by atoms with E-state index in [4.69, 9.17) is 23.2 Å². The van der Waals surface area contributed by atoms with Crippen LogP contribution in [-0.4, -0.2) is 41.2 Å². The van der Waals surface area contributed by atoms with Crippen LogP contribution in [0.1, 0.15) is 10.4 Å². The lowest BCUT2D eigenvalue weighted by Gasteiger charge is -2.31. The first-order valence-electron chi connectivity index (χ1n) is 7.78. The second-order valence-electron chi connectivity index (χ2n) is 5.87. The minimum atomic E-state index is -6.60. The number of nitrogens with zero attached hydrogens (tertiary/aromatic N) is 1. The molecule has 0 fully saturated rings. The molecule has 0 saturated carbocycles. The maximum absolute atomic E-state index is 13.7. The van der Waals surface area contributed by atoms with Crippen LogP contribution in [0.5, 0.6) is 0 Å². The lowest BCUT2D eigenvalue weighted by Crippen LogP contribution is -2.55. The summed E-state index contributed by atoms with van der Waals surface area (Å²) >= 11 is 10.3. The Balaban J connectivity index is 2.45. The molecule has 0 saturated heterocycles. The summed E-state index contributed by atoms with van der Waals surface area (Å²) < 4.78 is 132. The highest BCUT2D eigenvalue weighted by Gasteiger charge is 2.77. The number of halogens is 12. The van der Waals surface area contributed by atoms with E-state index in [2.05, 4.69) is 4.99 Å². The van der Waals surface area contributed by atoms with Crippen LogP contribution in [0.3, 0.4) is 0 Å². The third-order valence-corrected chi connectivity index (χ3v) is 5.40. The van der Waals surface area contributed by atoms with Gasteiger partial charge in [-0.25, -0.2) is 14.2 Å². The third kappa shape index (κ3) is 5.16. The van der Waals surface area contributed by atoms with Crippen molar-refractivity contribution in [3.63, 3.8) is 0 Å². The molecule has 0 spiro atoms. The maximum Gasteiger partial charge on any atom is 0.443 e. The molecule has 1 aromatic carbocycles. The molecule has 0 atom stereocenters. The molecule has 3 amide bonds. The lowest BCUT2D eigenvalue weighted by molar-refractivity contribution is -0.280. The van der Waals surface area contributed by atoms with Gasteiger partial charge in [-0.2, -0.15) is 39.5 Å². The molecule has 33 heavy (non-hydrogen) atoms. The number of amides is 3. The van der Waals surface area contributed by atoms with Crippen molar-refractivity contribution < 1.29 is 53.5 Å². The van der Waals surface area contributed by atoms with Crippen molar-refractivity contribution in [2.24, 2.45) is 4.99 Å². The minimum Gasteiger partial charge on any atom is -0.286 e. The van der Waals surface area contributed by atoms with E-state index in [1.54, 1.807) is 0 Å². The molecule has 5 nitrogen and oxygen atoms in total. The Hall–Kier alpha value is -2.20. The van der Waals surface area contributed by atoms with E-state index in [0.717, 1.165) is 12.1 Å². The van der Waals surface area contributed by atoms with Crippen LogP contribution in [0.15, 0.2) is 33.9 Å². The molecule has 0 unspecified atom stereocenters. The summed E-state index contributed by atoms with van der Waals surface area (Å²) in [6.07, 6.45) is -19.4. The molecular formula is C15H5Cl2F10N3O2S. The van der Waals surface area contributed by atoms with E-state index < -0.39 is 69.2 Å². The van der Waals surface area contributed by atoms with E-state index in [1.165, 1.54) is 16.7 Å². The summed E-state index contributed by atoms with van der Waals surface area (Å²) in [6, 6.07) is 1.77. The molecule has 18 heteroatoms. The van der Waals surface area contributed by atoms with Crippen molar-refractivity contribution in [3.8, 4) is 0 Å². The quantitative estimate of drug-likeness (QED) is 0.412. The second kappa shape index (κ2) is 8.87. The molecule has 0 aliphatic carbocycles. The second-order valence-corrected chi connectivity index (χ2v) is 7.68. The first-order chi connectivity index (χ1) is 14.8. The average molecular weight is 552 g/mol. The fourth-order valence-electron chi connectivity index (χ4n) is 2.34. The number of carbonyl (C=O) groups excluding carboxylic acids is 2. The van der Waals surface area contributed by atoms with Crippen molar-refractivity contribution in [1.29, 1.82) is 0 Å². The summed E-state index contributed by atoms with van der Waals surface area (Å²) in [7, 11) is 0. The number of urea groups is 1. The third-order valence-electron chi connectivity index (χ3n) is 3.70. The van der Waals surface area contributed by atoms with Crippen molar-refractivity contribution in [3.05, 3.63) is 44.5 Å². The van der Waals surface area contributed by atoms with Crippen molar-refractivity contribution >= 4 is 52.1 Å². The highest BCUT2D eigenvalue weighted by atomic mass is 35.5. The van der Waals surface area contributed by atoms with Crippen LogP contribution in [0.25, 0.3) is 0 Å².